The number of benzene rings is 3. The monoisotopic (exact) mass is 589 g/mol. The minimum Gasteiger partial charge on any atom is -0.480 e. The van der Waals surface area contributed by atoms with Crippen molar-refractivity contribution in [2.75, 3.05) is 18.6 Å². The van der Waals surface area contributed by atoms with Gasteiger partial charge in [0.25, 0.3) is 5.91 Å². The highest BCUT2D eigenvalue weighted by Gasteiger charge is 2.22. The Bertz CT molecular complexity index is 1490. The topological polar surface area (TPSA) is 154 Å². The van der Waals surface area contributed by atoms with Crippen molar-refractivity contribution in [3.05, 3.63) is 101 Å². The minimum absolute atomic E-state index is 0.0176. The lowest BCUT2D eigenvalue weighted by atomic mass is 10.1. The van der Waals surface area contributed by atoms with Crippen molar-refractivity contribution in [1.29, 1.82) is 0 Å². The average molecular weight is 590 g/mol. The van der Waals surface area contributed by atoms with E-state index in [2.05, 4.69) is 20.6 Å². The van der Waals surface area contributed by atoms with Gasteiger partial charge in [-0.15, -0.1) is 0 Å². The van der Waals surface area contributed by atoms with Crippen LogP contribution in [0.15, 0.2) is 78.9 Å². The van der Waals surface area contributed by atoms with Crippen LogP contribution in [-0.2, 0) is 34.0 Å². The maximum atomic E-state index is 12.8. The number of nitrogens with zero attached hydrogens (tertiary/aromatic N) is 2. The van der Waals surface area contributed by atoms with Gasteiger partial charge in [-0.2, -0.15) is 11.8 Å². The number of imidazole rings is 1. The largest absolute Gasteiger partial charge is 0.480 e. The van der Waals surface area contributed by atoms with E-state index in [9.17, 15) is 24.3 Å². The second-order valence-corrected chi connectivity index (χ2v) is 10.3. The molecule has 42 heavy (non-hydrogen) atoms. The molecular formula is C30H31N5O6S. The fourth-order valence-corrected chi connectivity index (χ4v) is 4.52. The number of aromatic nitrogens is 2. The molecule has 0 aliphatic carbocycles. The number of alkyl carbamates (subject to hydrolysis) is 1. The zero-order chi connectivity index (χ0) is 29.9. The SMILES string of the molecule is CSCC(=O)N(Cc1ccc(C(=O)NCC(NC(=O)OCc2ccccc2)C(=O)O)cc1)Cc1nc2ccccc2[nH]1. The van der Waals surface area contributed by atoms with Crippen LogP contribution in [0.3, 0.4) is 0 Å². The molecule has 1 atom stereocenters. The number of hydrogen-bond acceptors (Lipinski definition) is 7. The number of amides is 3. The Balaban J connectivity index is 1.32. The molecule has 1 unspecified atom stereocenters. The molecule has 4 N–H and O–H groups in total. The molecule has 3 amide bonds. The molecule has 0 bridgehead atoms. The highest BCUT2D eigenvalue weighted by molar-refractivity contribution is 7.99. The van der Waals surface area contributed by atoms with Crippen molar-refractivity contribution in [2.45, 2.75) is 25.7 Å². The first-order valence-electron chi connectivity index (χ1n) is 13.1. The number of carboxylic acid groups (broad SMARTS) is 1. The van der Waals surface area contributed by atoms with Gasteiger partial charge >= 0.3 is 12.1 Å². The van der Waals surface area contributed by atoms with E-state index in [0.29, 0.717) is 30.2 Å². The molecule has 0 saturated heterocycles. The summed E-state index contributed by atoms with van der Waals surface area (Å²) in [6, 6.07) is 21.9. The Morgan fingerprint density at radius 3 is 2.36 bits per heavy atom. The zero-order valence-corrected chi connectivity index (χ0v) is 23.7. The van der Waals surface area contributed by atoms with Gasteiger partial charge < -0.3 is 30.4 Å². The van der Waals surface area contributed by atoms with Gasteiger partial charge in [0.15, 0.2) is 0 Å². The quantitative estimate of drug-likeness (QED) is 0.185. The smallest absolute Gasteiger partial charge is 0.408 e. The van der Waals surface area contributed by atoms with Crippen molar-refractivity contribution in [2.24, 2.45) is 0 Å². The van der Waals surface area contributed by atoms with Crippen molar-refractivity contribution >= 4 is 46.7 Å². The number of fused-ring (bicyclic) bond motifs is 1. The summed E-state index contributed by atoms with van der Waals surface area (Å²) in [7, 11) is 0. The third-order valence-corrected chi connectivity index (χ3v) is 6.79. The van der Waals surface area contributed by atoms with E-state index in [4.69, 9.17) is 4.74 Å². The number of ether oxygens (including phenoxy) is 1. The van der Waals surface area contributed by atoms with Crippen LogP contribution >= 0.6 is 11.8 Å². The predicted octanol–water partition coefficient (Wildman–Crippen LogP) is 3.56. The van der Waals surface area contributed by atoms with Crippen LogP contribution in [-0.4, -0.2) is 68.4 Å². The van der Waals surface area contributed by atoms with E-state index in [0.717, 1.165) is 22.2 Å². The number of carbonyl (C=O) groups excluding carboxylic acids is 3. The van der Waals surface area contributed by atoms with Crippen molar-refractivity contribution in [3.63, 3.8) is 0 Å². The van der Waals surface area contributed by atoms with Crippen LogP contribution in [0.4, 0.5) is 4.79 Å². The highest BCUT2D eigenvalue weighted by Crippen LogP contribution is 2.15. The fourth-order valence-electron chi connectivity index (χ4n) is 4.09. The Morgan fingerprint density at radius 2 is 1.67 bits per heavy atom. The molecule has 0 radical (unpaired) electrons. The van der Waals surface area contributed by atoms with Crippen LogP contribution in [0.1, 0.15) is 27.3 Å². The summed E-state index contributed by atoms with van der Waals surface area (Å²) >= 11 is 1.43. The van der Waals surface area contributed by atoms with Gasteiger partial charge in [0.2, 0.25) is 5.91 Å². The summed E-state index contributed by atoms with van der Waals surface area (Å²) in [5, 5.41) is 14.3. The Labute approximate surface area is 246 Å². The van der Waals surface area contributed by atoms with Crippen LogP contribution in [0.2, 0.25) is 0 Å². The number of para-hydroxylation sites is 2. The van der Waals surface area contributed by atoms with Gasteiger partial charge in [-0.05, 0) is 41.6 Å². The number of nitrogens with one attached hydrogen (secondary N) is 3. The number of aromatic amines is 1. The van der Waals surface area contributed by atoms with Crippen molar-refractivity contribution in [1.82, 2.24) is 25.5 Å². The normalized spacial score (nSPS) is 11.5. The lowest BCUT2D eigenvalue weighted by molar-refractivity contribution is -0.139. The summed E-state index contributed by atoms with van der Waals surface area (Å²) in [4.78, 5) is 58.8. The number of rotatable bonds is 13. The Kier molecular flexibility index (Phi) is 10.5. The number of carboxylic acids is 1. The highest BCUT2D eigenvalue weighted by atomic mass is 32.2. The van der Waals surface area contributed by atoms with Crippen LogP contribution in [0.25, 0.3) is 11.0 Å². The molecule has 11 nitrogen and oxygen atoms in total. The molecule has 12 heteroatoms. The summed E-state index contributed by atoms with van der Waals surface area (Å²) in [5.74, 6) is -0.877. The first-order valence-corrected chi connectivity index (χ1v) is 14.5. The molecule has 4 rings (SSSR count). The number of carbonyl (C=O) groups is 4. The predicted molar refractivity (Wildman–Crippen MR) is 159 cm³/mol. The van der Waals surface area contributed by atoms with E-state index in [1.165, 1.54) is 11.8 Å². The lowest BCUT2D eigenvalue weighted by Crippen LogP contribution is -2.48. The van der Waals surface area contributed by atoms with E-state index >= 15 is 0 Å². The molecular weight excluding hydrogens is 558 g/mol. The van der Waals surface area contributed by atoms with Crippen molar-refractivity contribution < 1.29 is 29.0 Å². The molecule has 4 aromatic rings. The van der Waals surface area contributed by atoms with E-state index < -0.39 is 24.0 Å². The maximum Gasteiger partial charge on any atom is 0.408 e. The van der Waals surface area contributed by atoms with Gasteiger partial charge in [-0.3, -0.25) is 9.59 Å². The van der Waals surface area contributed by atoms with Crippen LogP contribution in [0.5, 0.6) is 0 Å². The van der Waals surface area contributed by atoms with Gasteiger partial charge in [0, 0.05) is 18.7 Å². The number of H-pyrrole nitrogens is 1. The van der Waals surface area contributed by atoms with E-state index in [1.54, 1.807) is 53.4 Å². The van der Waals surface area contributed by atoms with Crippen LogP contribution < -0.4 is 10.6 Å². The fraction of sp³-hybridized carbons (Fsp3) is 0.233. The van der Waals surface area contributed by atoms with Crippen LogP contribution in [0, 0.1) is 0 Å². The van der Waals surface area contributed by atoms with E-state index in [1.807, 2.05) is 36.6 Å². The first-order chi connectivity index (χ1) is 20.3. The molecule has 0 aliphatic rings. The second kappa shape index (κ2) is 14.7. The molecule has 0 spiro atoms. The third kappa shape index (κ3) is 8.58. The molecule has 0 aliphatic heterocycles. The summed E-state index contributed by atoms with van der Waals surface area (Å²) in [6.45, 7) is 0.253. The minimum atomic E-state index is -1.38. The molecule has 0 saturated carbocycles. The molecule has 3 aromatic carbocycles. The molecule has 1 heterocycles. The van der Waals surface area contributed by atoms with E-state index in [-0.39, 0.29) is 19.1 Å². The maximum absolute atomic E-state index is 12.8. The van der Waals surface area contributed by atoms with Gasteiger partial charge in [-0.1, -0.05) is 54.6 Å². The Hall–Kier alpha value is -4.84. The summed E-state index contributed by atoms with van der Waals surface area (Å²) < 4.78 is 5.07. The molecule has 0 fully saturated rings. The second-order valence-electron chi connectivity index (χ2n) is 9.39. The molecule has 218 valence electrons. The summed E-state index contributed by atoms with van der Waals surface area (Å²) in [5.41, 5.74) is 3.58. The lowest BCUT2D eigenvalue weighted by Gasteiger charge is -2.22. The zero-order valence-electron chi connectivity index (χ0n) is 22.9. The number of aliphatic carboxylic acids is 1. The summed E-state index contributed by atoms with van der Waals surface area (Å²) in [6.07, 6.45) is 0.955. The third-order valence-electron chi connectivity index (χ3n) is 6.26. The Morgan fingerprint density at radius 1 is 0.952 bits per heavy atom. The average Bonchev–Trinajstić information content (AvgIpc) is 3.41. The van der Waals surface area contributed by atoms with Crippen molar-refractivity contribution in [3.8, 4) is 0 Å². The molecule has 1 aromatic heterocycles. The standard InChI is InChI=1S/C30H31N5O6S/c1-42-19-27(36)35(17-26-32-23-9-5-6-10-24(23)33-26)16-20-11-13-22(14-12-20)28(37)31-15-25(29(38)39)34-30(40)41-18-21-7-3-2-4-8-21/h2-14,25H,15-19H2,1H3,(H,31,37)(H,32,33)(H,34,40)(H,38,39). The number of hydrogen-bond donors (Lipinski definition) is 4. The number of thioether (sulfide) groups is 1. The first kappa shape index (κ1) is 30.1. The van der Waals surface area contributed by atoms with Gasteiger partial charge in [0.1, 0.15) is 18.5 Å². The van der Waals surface area contributed by atoms with Gasteiger partial charge in [0.05, 0.1) is 23.3 Å². The van der Waals surface area contributed by atoms with Gasteiger partial charge in [-0.25, -0.2) is 14.6 Å².